The van der Waals surface area contributed by atoms with Crippen molar-refractivity contribution in [2.24, 2.45) is 0 Å². The summed E-state index contributed by atoms with van der Waals surface area (Å²) in [6, 6.07) is -0.136. The van der Waals surface area contributed by atoms with Crippen molar-refractivity contribution in [2.75, 3.05) is 57.7 Å². The molecule has 3 fully saturated rings. The molecule has 3 saturated heterocycles. The molecule has 154 valence electrons. The summed E-state index contributed by atoms with van der Waals surface area (Å²) in [5, 5.41) is 7.22. The summed E-state index contributed by atoms with van der Waals surface area (Å²) in [7, 11) is 0. The van der Waals surface area contributed by atoms with Gasteiger partial charge in [-0.2, -0.15) is 5.10 Å². The zero-order valence-electron chi connectivity index (χ0n) is 16.4. The van der Waals surface area contributed by atoms with Gasteiger partial charge in [0.05, 0.1) is 31.1 Å². The first-order valence-electron chi connectivity index (χ1n) is 10.4. The molecule has 4 rings (SSSR count). The number of likely N-dealkylation sites (tertiary alicyclic amines) is 1. The van der Waals surface area contributed by atoms with Crippen LogP contribution in [0.15, 0.2) is 12.4 Å². The van der Waals surface area contributed by atoms with Crippen LogP contribution in [0.25, 0.3) is 0 Å². The van der Waals surface area contributed by atoms with Gasteiger partial charge in [-0.25, -0.2) is 4.79 Å². The number of urea groups is 1. The van der Waals surface area contributed by atoms with E-state index in [1.807, 2.05) is 15.8 Å². The highest BCUT2D eigenvalue weighted by atomic mass is 16.5. The number of hydrogen-bond acceptors (Lipinski definition) is 5. The Bertz CT molecular complexity index is 673. The van der Waals surface area contributed by atoms with Crippen LogP contribution in [0.1, 0.15) is 25.7 Å². The van der Waals surface area contributed by atoms with Crippen molar-refractivity contribution in [3.05, 3.63) is 12.4 Å². The summed E-state index contributed by atoms with van der Waals surface area (Å²) >= 11 is 0. The first kappa shape index (κ1) is 19.2. The Morgan fingerprint density at radius 3 is 2.54 bits per heavy atom. The Morgan fingerprint density at radius 1 is 1.07 bits per heavy atom. The minimum atomic E-state index is -0.136. The van der Waals surface area contributed by atoms with Crippen LogP contribution in [0.3, 0.4) is 0 Å². The van der Waals surface area contributed by atoms with Gasteiger partial charge in [0.15, 0.2) is 0 Å². The number of aromatic nitrogens is 2. The molecule has 28 heavy (non-hydrogen) atoms. The van der Waals surface area contributed by atoms with Crippen LogP contribution in [0.2, 0.25) is 0 Å². The van der Waals surface area contributed by atoms with Gasteiger partial charge >= 0.3 is 6.03 Å². The largest absolute Gasteiger partial charge is 0.376 e. The zero-order valence-corrected chi connectivity index (χ0v) is 16.4. The summed E-state index contributed by atoms with van der Waals surface area (Å²) in [6.07, 6.45) is 8.26. The van der Waals surface area contributed by atoms with Gasteiger partial charge in [-0.1, -0.05) is 0 Å². The molecule has 3 amide bonds. The molecule has 9 nitrogen and oxygen atoms in total. The summed E-state index contributed by atoms with van der Waals surface area (Å²) in [5.74, 6) is 0.178. The highest BCUT2D eigenvalue weighted by Gasteiger charge is 2.26. The van der Waals surface area contributed by atoms with E-state index in [1.54, 1.807) is 11.1 Å². The minimum absolute atomic E-state index is 0.136. The Balaban J connectivity index is 1.20. The van der Waals surface area contributed by atoms with Gasteiger partial charge in [-0.3, -0.25) is 14.4 Å². The average Bonchev–Trinajstić information content (AvgIpc) is 3.46. The average molecular weight is 390 g/mol. The fourth-order valence-electron chi connectivity index (χ4n) is 4.12. The Kier molecular flexibility index (Phi) is 6.11. The van der Waals surface area contributed by atoms with Gasteiger partial charge in [-0.15, -0.1) is 0 Å². The summed E-state index contributed by atoms with van der Waals surface area (Å²) < 4.78 is 7.44. The van der Waals surface area contributed by atoms with Gasteiger partial charge in [0.2, 0.25) is 5.91 Å². The highest BCUT2D eigenvalue weighted by molar-refractivity contribution is 5.89. The molecule has 9 heteroatoms. The van der Waals surface area contributed by atoms with E-state index in [4.69, 9.17) is 4.74 Å². The monoisotopic (exact) mass is 390 g/mol. The van der Waals surface area contributed by atoms with Crippen molar-refractivity contribution in [2.45, 2.75) is 38.3 Å². The van der Waals surface area contributed by atoms with E-state index < -0.39 is 0 Å². The molecule has 0 aromatic carbocycles. The fraction of sp³-hybridized carbons (Fsp3) is 0.737. The smallest absolute Gasteiger partial charge is 0.322 e. The van der Waals surface area contributed by atoms with E-state index in [2.05, 4.69) is 15.3 Å². The number of hydrogen-bond donors (Lipinski definition) is 1. The van der Waals surface area contributed by atoms with E-state index in [1.165, 1.54) is 12.8 Å². The number of carbonyl (C=O) groups is 2. The van der Waals surface area contributed by atoms with Crippen LogP contribution >= 0.6 is 0 Å². The third kappa shape index (κ3) is 4.82. The van der Waals surface area contributed by atoms with Crippen LogP contribution in [-0.4, -0.2) is 94.9 Å². The third-order valence-electron chi connectivity index (χ3n) is 5.78. The number of carbonyl (C=O) groups excluding carboxylic acids is 2. The van der Waals surface area contributed by atoms with Gasteiger partial charge < -0.3 is 19.9 Å². The standard InChI is InChI=1S/C19H30N6O3/c26-18(15-22-5-1-2-6-22)23-7-9-24(10-8-23)19(27)21-16-12-20-25(13-16)14-17-4-3-11-28-17/h12-13,17H,1-11,14-15H2,(H,21,27). The normalized spacial score (nSPS) is 23.4. The van der Waals surface area contributed by atoms with Crippen molar-refractivity contribution >= 4 is 17.6 Å². The lowest BCUT2D eigenvalue weighted by Crippen LogP contribution is -2.53. The molecule has 1 atom stereocenters. The molecule has 1 unspecified atom stereocenters. The zero-order chi connectivity index (χ0) is 19.3. The van der Waals surface area contributed by atoms with Crippen LogP contribution in [-0.2, 0) is 16.1 Å². The van der Waals surface area contributed by atoms with Gasteiger partial charge in [0, 0.05) is 39.0 Å². The number of anilines is 1. The number of amides is 3. The minimum Gasteiger partial charge on any atom is -0.376 e. The Morgan fingerprint density at radius 2 is 1.82 bits per heavy atom. The molecule has 1 aromatic rings. The summed E-state index contributed by atoms with van der Waals surface area (Å²) in [4.78, 5) is 30.8. The number of rotatable bonds is 5. The quantitative estimate of drug-likeness (QED) is 0.805. The van der Waals surface area contributed by atoms with Gasteiger partial charge in [-0.05, 0) is 38.8 Å². The second-order valence-electron chi connectivity index (χ2n) is 7.87. The molecule has 0 spiro atoms. The Labute approximate surface area is 165 Å². The van der Waals surface area contributed by atoms with E-state index in [9.17, 15) is 9.59 Å². The predicted octanol–water partition coefficient (Wildman–Crippen LogP) is 0.834. The number of ether oxygens (including phenoxy) is 1. The second kappa shape index (κ2) is 8.91. The van der Waals surface area contributed by atoms with E-state index in [0.717, 1.165) is 32.5 Å². The number of piperazine rings is 1. The molecule has 3 aliphatic heterocycles. The molecule has 1 N–H and O–H groups in total. The first-order valence-corrected chi connectivity index (χ1v) is 10.4. The molecular formula is C19H30N6O3. The molecular weight excluding hydrogens is 360 g/mol. The van der Waals surface area contributed by atoms with Crippen LogP contribution < -0.4 is 5.32 Å². The predicted molar refractivity (Wildman–Crippen MR) is 104 cm³/mol. The van der Waals surface area contributed by atoms with Crippen LogP contribution in [0.5, 0.6) is 0 Å². The number of nitrogens with one attached hydrogen (secondary N) is 1. The van der Waals surface area contributed by atoms with Gasteiger partial charge in [0.1, 0.15) is 0 Å². The molecule has 3 aliphatic rings. The van der Waals surface area contributed by atoms with Crippen molar-refractivity contribution in [1.82, 2.24) is 24.5 Å². The topological polar surface area (TPSA) is 82.9 Å². The van der Waals surface area contributed by atoms with Crippen molar-refractivity contribution in [3.63, 3.8) is 0 Å². The van der Waals surface area contributed by atoms with E-state index in [-0.39, 0.29) is 18.0 Å². The van der Waals surface area contributed by atoms with E-state index in [0.29, 0.717) is 45.0 Å². The number of nitrogens with zero attached hydrogens (tertiary/aromatic N) is 5. The van der Waals surface area contributed by atoms with E-state index >= 15 is 0 Å². The molecule has 0 bridgehead atoms. The SMILES string of the molecule is O=C(CN1CCCC1)N1CCN(C(=O)Nc2cnn(CC3CCCO3)c2)CC1. The third-order valence-corrected chi connectivity index (χ3v) is 5.78. The maximum absolute atomic E-state index is 12.5. The molecule has 0 saturated carbocycles. The molecule has 0 aliphatic carbocycles. The first-order chi connectivity index (χ1) is 13.7. The maximum atomic E-state index is 12.5. The van der Waals surface area contributed by atoms with Crippen molar-refractivity contribution in [3.8, 4) is 0 Å². The Hall–Kier alpha value is -2.13. The van der Waals surface area contributed by atoms with Crippen LogP contribution in [0.4, 0.5) is 10.5 Å². The maximum Gasteiger partial charge on any atom is 0.322 e. The lowest BCUT2D eigenvalue weighted by molar-refractivity contribution is -0.133. The highest BCUT2D eigenvalue weighted by Crippen LogP contribution is 2.15. The lowest BCUT2D eigenvalue weighted by Gasteiger charge is -2.35. The molecule has 0 radical (unpaired) electrons. The summed E-state index contributed by atoms with van der Waals surface area (Å²) in [6.45, 7) is 6.40. The second-order valence-corrected chi connectivity index (χ2v) is 7.87. The lowest BCUT2D eigenvalue weighted by atomic mass is 10.2. The molecule has 4 heterocycles. The fourth-order valence-corrected chi connectivity index (χ4v) is 4.12. The van der Waals surface area contributed by atoms with Crippen LogP contribution in [0, 0.1) is 0 Å². The summed E-state index contributed by atoms with van der Waals surface area (Å²) in [5.41, 5.74) is 0.690. The van der Waals surface area contributed by atoms with Gasteiger partial charge in [0.25, 0.3) is 0 Å². The van der Waals surface area contributed by atoms with Crippen molar-refractivity contribution in [1.29, 1.82) is 0 Å². The van der Waals surface area contributed by atoms with Crippen molar-refractivity contribution < 1.29 is 14.3 Å². The molecule has 1 aromatic heterocycles.